The predicted molar refractivity (Wildman–Crippen MR) is 154 cm³/mol. The zero-order valence-corrected chi connectivity index (χ0v) is 22.2. The molecule has 0 bridgehead atoms. The number of allylic oxidation sites excluding steroid dienone is 6. The monoisotopic (exact) mass is 479 g/mol. The van der Waals surface area contributed by atoms with Gasteiger partial charge in [0.25, 0.3) is 0 Å². The summed E-state index contributed by atoms with van der Waals surface area (Å²) >= 11 is 0. The van der Waals surface area contributed by atoms with Crippen LogP contribution in [0.2, 0.25) is 0 Å². The Hall–Kier alpha value is -3.02. The summed E-state index contributed by atoms with van der Waals surface area (Å²) in [6, 6.07) is 33.0. The van der Waals surface area contributed by atoms with Gasteiger partial charge in [-0.3, -0.25) is 4.79 Å². The number of rotatable bonds is 7. The molecule has 0 spiro atoms. The van der Waals surface area contributed by atoms with Gasteiger partial charge in [-0.25, -0.2) is 0 Å². The normalized spacial score (nSPS) is 18.5. The van der Waals surface area contributed by atoms with Gasteiger partial charge in [-0.1, -0.05) is 91.7 Å². The number of ketones is 1. The number of carbonyl (C=O) groups is 1. The molecule has 1 aliphatic carbocycles. The van der Waals surface area contributed by atoms with Crippen molar-refractivity contribution < 1.29 is 4.79 Å². The minimum absolute atomic E-state index is 0.0540. The van der Waals surface area contributed by atoms with Gasteiger partial charge in [-0.2, -0.15) is 0 Å². The second-order valence-corrected chi connectivity index (χ2v) is 13.8. The van der Waals surface area contributed by atoms with Crippen LogP contribution in [-0.2, 0) is 4.79 Å². The molecule has 0 aromatic heterocycles. The van der Waals surface area contributed by atoms with Crippen molar-refractivity contribution in [3.05, 3.63) is 126 Å². The zero-order valence-electron chi connectivity index (χ0n) is 21.3. The van der Waals surface area contributed by atoms with Gasteiger partial charge in [-0.05, 0) is 67.8 Å². The zero-order chi connectivity index (χ0) is 24.9. The van der Waals surface area contributed by atoms with Crippen molar-refractivity contribution >= 4 is 29.0 Å². The third-order valence-electron chi connectivity index (χ3n) is 7.18. The number of hydrogen-bond acceptors (Lipinski definition) is 1. The van der Waals surface area contributed by atoms with Crippen LogP contribution >= 0.6 is 7.26 Å². The lowest BCUT2D eigenvalue weighted by Crippen LogP contribution is -2.33. The summed E-state index contributed by atoms with van der Waals surface area (Å²) in [5.41, 5.74) is 2.37. The largest absolute Gasteiger partial charge is 0.295 e. The molecule has 3 aromatic rings. The Labute approximate surface area is 211 Å². The van der Waals surface area contributed by atoms with E-state index in [4.69, 9.17) is 0 Å². The summed E-state index contributed by atoms with van der Waals surface area (Å²) in [4.78, 5) is 12.1. The molecular formula is C33H36OP+. The minimum Gasteiger partial charge on any atom is -0.295 e. The fraction of sp³-hybridized carbons (Fsp3) is 0.242. The van der Waals surface area contributed by atoms with Gasteiger partial charge >= 0.3 is 0 Å². The highest BCUT2D eigenvalue weighted by Gasteiger charge is 2.44. The molecule has 1 aliphatic rings. The average molecular weight is 480 g/mol. The van der Waals surface area contributed by atoms with Gasteiger partial charge < -0.3 is 0 Å². The lowest BCUT2D eigenvalue weighted by Gasteiger charge is -2.35. The predicted octanol–water partition coefficient (Wildman–Crippen LogP) is 7.04. The van der Waals surface area contributed by atoms with Crippen molar-refractivity contribution in [2.24, 2.45) is 11.3 Å². The van der Waals surface area contributed by atoms with Crippen molar-refractivity contribution in [3.63, 3.8) is 0 Å². The molecule has 0 fully saturated rings. The summed E-state index contributed by atoms with van der Waals surface area (Å²) in [6.45, 7) is 8.69. The van der Waals surface area contributed by atoms with Gasteiger partial charge in [-0.15, -0.1) is 0 Å². The van der Waals surface area contributed by atoms with E-state index < -0.39 is 7.26 Å². The van der Waals surface area contributed by atoms with E-state index in [0.717, 1.165) is 11.7 Å². The molecule has 0 radical (unpaired) electrons. The van der Waals surface area contributed by atoms with Crippen LogP contribution in [0.5, 0.6) is 0 Å². The maximum atomic E-state index is 12.1. The van der Waals surface area contributed by atoms with E-state index in [1.165, 1.54) is 21.5 Å². The second-order valence-electron chi connectivity index (χ2n) is 10.3. The van der Waals surface area contributed by atoms with E-state index >= 15 is 0 Å². The molecule has 0 saturated carbocycles. The third kappa shape index (κ3) is 5.47. The molecule has 1 nitrogen and oxygen atoms in total. The standard InChI is InChI=1S/C33H36OP/c1-26(20-21-32-27(2)24-28(34)25-33(32,3)4)22-23-35(29-14-8-5-9-15-29,30-16-10-6-11-17-30)31-18-12-7-13-19-31/h5-22,24,32H,23,25H2,1-4H3/q+1. The maximum absolute atomic E-state index is 12.1. The highest BCUT2D eigenvalue weighted by atomic mass is 31.2. The fourth-order valence-electron chi connectivity index (χ4n) is 5.39. The molecule has 3 aromatic carbocycles. The lowest BCUT2D eigenvalue weighted by molar-refractivity contribution is -0.117. The Morgan fingerprint density at radius 2 is 1.31 bits per heavy atom. The first kappa shape index (κ1) is 25.1. The maximum Gasteiger partial charge on any atom is 0.156 e. The van der Waals surface area contributed by atoms with E-state index in [2.05, 4.69) is 137 Å². The molecular weight excluding hydrogens is 443 g/mol. The molecule has 0 aliphatic heterocycles. The first-order valence-electron chi connectivity index (χ1n) is 12.4. The van der Waals surface area contributed by atoms with E-state index in [1.807, 2.05) is 6.08 Å². The summed E-state index contributed by atoms with van der Waals surface area (Å²) < 4.78 is 0. The summed E-state index contributed by atoms with van der Waals surface area (Å²) in [6.07, 6.45) is 10.4. The highest BCUT2D eigenvalue weighted by molar-refractivity contribution is 7.95. The van der Waals surface area contributed by atoms with Crippen LogP contribution < -0.4 is 15.9 Å². The molecule has 0 saturated heterocycles. The van der Waals surface area contributed by atoms with Gasteiger partial charge in [0.05, 0.1) is 6.16 Å². The SMILES string of the molecule is CC(C=CC1C(C)=CC(=O)CC1(C)C)=CC[P+](c1ccccc1)(c1ccccc1)c1ccccc1. The van der Waals surface area contributed by atoms with Crippen molar-refractivity contribution in [2.45, 2.75) is 34.1 Å². The van der Waals surface area contributed by atoms with Crippen LogP contribution in [0.25, 0.3) is 0 Å². The van der Waals surface area contributed by atoms with Crippen LogP contribution in [0.3, 0.4) is 0 Å². The van der Waals surface area contributed by atoms with E-state index in [0.29, 0.717) is 6.42 Å². The first-order valence-corrected chi connectivity index (χ1v) is 14.4. The Kier molecular flexibility index (Phi) is 7.68. The van der Waals surface area contributed by atoms with Gasteiger partial charge in [0.15, 0.2) is 5.78 Å². The quantitative estimate of drug-likeness (QED) is 0.262. The Bertz CT molecular complexity index is 1140. The van der Waals surface area contributed by atoms with Crippen molar-refractivity contribution in [1.29, 1.82) is 0 Å². The highest BCUT2D eigenvalue weighted by Crippen LogP contribution is 2.55. The Morgan fingerprint density at radius 3 is 1.74 bits per heavy atom. The molecule has 2 heteroatoms. The second kappa shape index (κ2) is 10.7. The van der Waals surface area contributed by atoms with Crippen LogP contribution in [-0.4, -0.2) is 11.9 Å². The number of carbonyl (C=O) groups excluding carboxylic acids is 1. The third-order valence-corrected chi connectivity index (χ3v) is 11.4. The number of benzene rings is 3. The van der Waals surface area contributed by atoms with E-state index in [1.54, 1.807) is 0 Å². The van der Waals surface area contributed by atoms with Gasteiger partial charge in [0.1, 0.15) is 23.2 Å². The fourth-order valence-corrected chi connectivity index (χ4v) is 9.52. The molecule has 0 amide bonds. The van der Waals surface area contributed by atoms with E-state index in [9.17, 15) is 4.79 Å². The van der Waals surface area contributed by atoms with Crippen LogP contribution in [0.15, 0.2) is 126 Å². The van der Waals surface area contributed by atoms with Gasteiger partial charge in [0, 0.05) is 12.3 Å². The van der Waals surface area contributed by atoms with Crippen molar-refractivity contribution in [2.75, 3.05) is 6.16 Å². The summed E-state index contributed by atoms with van der Waals surface area (Å²) in [7, 11) is -1.88. The molecule has 1 unspecified atom stereocenters. The van der Waals surface area contributed by atoms with Crippen LogP contribution in [0.4, 0.5) is 0 Å². The molecule has 4 rings (SSSR count). The van der Waals surface area contributed by atoms with Crippen LogP contribution in [0, 0.1) is 11.3 Å². The Balaban J connectivity index is 1.75. The molecule has 1 atom stereocenters. The topological polar surface area (TPSA) is 17.1 Å². The van der Waals surface area contributed by atoms with E-state index in [-0.39, 0.29) is 17.1 Å². The molecule has 0 heterocycles. The first-order chi connectivity index (χ1) is 16.8. The van der Waals surface area contributed by atoms with Gasteiger partial charge in [0.2, 0.25) is 0 Å². The molecule has 178 valence electrons. The summed E-state index contributed by atoms with van der Waals surface area (Å²) in [5, 5.41) is 4.20. The molecule has 35 heavy (non-hydrogen) atoms. The average Bonchev–Trinajstić information content (AvgIpc) is 2.85. The smallest absolute Gasteiger partial charge is 0.156 e. The Morgan fingerprint density at radius 1 is 0.857 bits per heavy atom. The van der Waals surface area contributed by atoms with Crippen molar-refractivity contribution in [1.82, 2.24) is 0 Å². The molecule has 0 N–H and O–H groups in total. The number of hydrogen-bond donors (Lipinski definition) is 0. The lowest BCUT2D eigenvalue weighted by atomic mass is 9.68. The van der Waals surface area contributed by atoms with Crippen LogP contribution in [0.1, 0.15) is 34.1 Å². The summed E-state index contributed by atoms with van der Waals surface area (Å²) in [5.74, 6) is 0.521. The minimum atomic E-state index is -1.88. The van der Waals surface area contributed by atoms with Crippen molar-refractivity contribution in [3.8, 4) is 0 Å².